The Hall–Kier alpha value is -9.12. The summed E-state index contributed by atoms with van der Waals surface area (Å²) in [5, 5.41) is 60.5. The zero-order chi connectivity index (χ0) is 103. The summed E-state index contributed by atoms with van der Waals surface area (Å²) >= 11 is 12.2. The van der Waals surface area contributed by atoms with Crippen molar-refractivity contribution in [3.05, 3.63) is 268 Å². The molecule has 14 aliphatic rings. The summed E-state index contributed by atoms with van der Waals surface area (Å²) in [5.74, 6) is 8.85. The second-order valence-corrected chi connectivity index (χ2v) is 53.4. The summed E-state index contributed by atoms with van der Waals surface area (Å²) in [5.41, 5.74) is 24.6. The molecule has 0 amide bonds. The second-order valence-electron chi connectivity index (χ2n) is 46.1. The number of methoxy groups -OCH3 is 6. The van der Waals surface area contributed by atoms with Gasteiger partial charge in [0.15, 0.2) is 69.0 Å². The van der Waals surface area contributed by atoms with Gasteiger partial charge in [0.05, 0.1) is 42.7 Å². The molecule has 12 aromatic rings. The first-order valence-electron chi connectivity index (χ1n) is 55.0. The Labute approximate surface area is 901 Å². The number of unbranched alkanes of at least 4 members (excludes halogenated alkanes) is 2. The highest BCUT2D eigenvalue weighted by molar-refractivity contribution is 7.13. The van der Waals surface area contributed by atoms with Crippen LogP contribution in [0.3, 0.4) is 0 Å². The fourth-order valence-corrected chi connectivity index (χ4v) is 34.2. The Bertz CT molecular complexity index is 6650. The van der Waals surface area contributed by atoms with Crippen molar-refractivity contribution in [1.82, 2.24) is 29.4 Å². The van der Waals surface area contributed by atoms with Crippen LogP contribution < -0.4 is 28.4 Å². The summed E-state index contributed by atoms with van der Waals surface area (Å²) in [4.78, 5) is 34.3. The van der Waals surface area contributed by atoms with Gasteiger partial charge in [-0.2, -0.15) is 0 Å². The smallest absolute Gasteiger partial charge is 0.165 e. The van der Waals surface area contributed by atoms with E-state index in [0.29, 0.717) is 82.1 Å². The molecule has 0 saturated heterocycles. The van der Waals surface area contributed by atoms with Crippen molar-refractivity contribution in [3.8, 4) is 69.0 Å². The van der Waals surface area contributed by atoms with Crippen LogP contribution in [-0.2, 0) is 155 Å². The van der Waals surface area contributed by atoms with Crippen molar-refractivity contribution in [2.24, 2.45) is 29.1 Å². The normalized spacial score (nSPS) is 20.6. The standard InChI is InChI=1S/C21H25NO2S.3C21H27NO2S.C20H23NO2S.C20H25NO2S/c1-24-21-17-12-22-8-7-20-16(11-15(25-20)9-13-3-2-4-13)18(22)10-14(17)5-6-19(21)23;1-21(2,3)11-14-10-15-17-9-13-5-6-18(23)20(24-4)16(13)12-22(17)8-7-19(15)25-14;1-13(2)4-6-15-11-16-18-10-14-5-7-19(23)21(24-3)17(14)12-22(18)9-8-20(16)25-15;1-3-4-5-6-15-12-16-18-11-14-7-8-19(23)21(24-2)17(14)13-22(18)10-9-20(16)25-15;1-23-20-16-11-21-7-6-19-15(10-14(24-19)8-12-2-3-12)17(21)9-13(16)4-5-18(20)22;1-12(2)8-14-10-15-17-9-13-4-5-18(22)20(23-3)16(13)11-21(17)7-6-19(15)24-14/h5-6,11,13,18,23H,2-4,7-10,12H2,1H3;5-6,10,17,23H,7-9,11-12H2,1-4H3;5,7,11,13,18,23H,4,6,8-10,12H2,1-3H3;7-8,12,18,23H,3-6,9-11,13H2,1-2H3;4-5,10,12,17,22H,2-3,6-9,11H2,1H3;4-5,10,12,17,22H,6-9,11H2,1-3H3/t18-;17-;2*18-;2*17-/m000000/s1. The van der Waals surface area contributed by atoms with Crippen LogP contribution in [0.2, 0.25) is 0 Å². The molecular weight excluding hydrogens is 1960 g/mol. The van der Waals surface area contributed by atoms with Crippen molar-refractivity contribution in [3.63, 3.8) is 0 Å². The van der Waals surface area contributed by atoms with E-state index in [1.807, 2.05) is 45.3 Å². The van der Waals surface area contributed by atoms with E-state index in [1.54, 1.807) is 156 Å². The Balaban J connectivity index is 0.000000104. The van der Waals surface area contributed by atoms with Gasteiger partial charge in [-0.1, -0.05) is 124 Å². The van der Waals surface area contributed by atoms with E-state index >= 15 is 0 Å². The Morgan fingerprint density at radius 1 is 0.311 bits per heavy atom. The molecule has 0 unspecified atom stereocenters. The molecule has 12 aliphatic heterocycles. The Morgan fingerprint density at radius 3 is 0.811 bits per heavy atom. The van der Waals surface area contributed by atoms with Gasteiger partial charge in [0.1, 0.15) is 0 Å². The van der Waals surface area contributed by atoms with E-state index in [-0.39, 0.29) is 34.5 Å². The molecule has 24 heteroatoms. The van der Waals surface area contributed by atoms with Crippen LogP contribution in [0.25, 0.3) is 0 Å². The van der Waals surface area contributed by atoms with Crippen molar-refractivity contribution in [2.45, 2.75) is 304 Å². The molecule has 2 saturated carbocycles. The van der Waals surface area contributed by atoms with Crippen molar-refractivity contribution >= 4 is 68.0 Å². The van der Waals surface area contributed by atoms with Gasteiger partial charge >= 0.3 is 0 Å². The lowest BCUT2D eigenvalue weighted by Crippen LogP contribution is -2.38. The van der Waals surface area contributed by atoms with Crippen LogP contribution >= 0.6 is 68.0 Å². The minimum absolute atomic E-state index is 0.250. The molecular formula is C124H154N6O12S6. The fourth-order valence-electron chi connectivity index (χ4n) is 26.1. The largest absolute Gasteiger partial charge is 0.504 e. The van der Waals surface area contributed by atoms with E-state index < -0.39 is 0 Å². The molecule has 6 atom stereocenters. The van der Waals surface area contributed by atoms with Gasteiger partial charge in [0.25, 0.3) is 0 Å². The number of ether oxygens (including phenoxy) is 6. The summed E-state index contributed by atoms with van der Waals surface area (Å²) in [6, 6.07) is 40.9. The topological polar surface area (TPSA) is 196 Å². The Kier molecular flexibility index (Phi) is 31.7. The molecule has 6 aromatic carbocycles. The highest BCUT2D eigenvalue weighted by Crippen LogP contribution is 2.55. The number of phenols is 6. The molecule has 0 spiro atoms. The van der Waals surface area contributed by atoms with E-state index in [4.69, 9.17) is 28.4 Å². The third-order valence-corrected chi connectivity index (χ3v) is 41.5. The SMILES string of the molecule is CCCCCc1cc2c(s1)CCN1Cc3c(ccc(O)c3OC)C[C@@H]21.COc1c(O)ccc2c1CN1CCc3sc(CC(C)(C)C)cc3[C@@H]1C2.COc1c(O)ccc2c1CN1CCc3sc(CC(C)C)cc3[C@@H]1C2.COc1c(O)ccc2c1CN1CCc3sc(CC4CC4)cc3[C@@H]1C2.COc1c(O)ccc2c1CN1CCc3sc(CC4CCC4)cc3[C@@H]1C2.COc1c(O)ccc2c1CN1CCc3sc(CCC(C)C)cc3[C@@H]1C2. The molecule has 6 N–H and O–H groups in total. The molecule has 6 aromatic heterocycles. The van der Waals surface area contributed by atoms with Crippen molar-refractivity contribution in [2.75, 3.05) is 81.9 Å². The van der Waals surface area contributed by atoms with Gasteiger partial charge in [-0.05, 0) is 310 Å². The molecule has 0 bridgehead atoms. The molecule has 0 radical (unpaired) electrons. The van der Waals surface area contributed by atoms with Crippen LogP contribution in [-0.4, -0.2) is 142 Å². The maximum absolute atomic E-state index is 10.1. The number of rotatable bonds is 20. The van der Waals surface area contributed by atoms with Gasteiger partial charge in [-0.25, -0.2) is 0 Å². The summed E-state index contributed by atoms with van der Waals surface area (Å²) in [6.07, 6.45) is 32.7. The van der Waals surface area contributed by atoms with Crippen molar-refractivity contribution < 1.29 is 59.1 Å². The number of fused-ring (bicyclic) bond motifs is 24. The van der Waals surface area contributed by atoms with Gasteiger partial charge in [-0.3, -0.25) is 29.4 Å². The predicted molar refractivity (Wildman–Crippen MR) is 603 cm³/mol. The third-order valence-electron chi connectivity index (χ3n) is 34.0. The minimum Gasteiger partial charge on any atom is -0.504 e. The highest BCUT2D eigenvalue weighted by atomic mass is 32.1. The van der Waals surface area contributed by atoms with Crippen LogP contribution in [0, 0.1) is 29.1 Å². The fraction of sp³-hybridized carbons (Fsp3) is 0.516. The van der Waals surface area contributed by atoms with Gasteiger partial charge in [0, 0.05) is 207 Å². The van der Waals surface area contributed by atoms with Crippen LogP contribution in [0.5, 0.6) is 69.0 Å². The second kappa shape index (κ2) is 44.9. The lowest BCUT2D eigenvalue weighted by atomic mass is 9.82. The number of hydrogen-bond donors (Lipinski definition) is 6. The zero-order valence-electron chi connectivity index (χ0n) is 89.5. The molecule has 788 valence electrons. The molecule has 2 fully saturated rings. The number of phenolic OH excluding ortho intramolecular Hbond substituents is 6. The van der Waals surface area contributed by atoms with Gasteiger partial charge in [-0.15, -0.1) is 68.0 Å². The van der Waals surface area contributed by atoms with E-state index in [9.17, 15) is 30.6 Å². The van der Waals surface area contributed by atoms with Crippen LogP contribution in [0.4, 0.5) is 0 Å². The highest BCUT2D eigenvalue weighted by Gasteiger charge is 2.44. The molecule has 26 rings (SSSR count). The number of nitrogens with zero attached hydrogens (tertiary/aromatic N) is 6. The number of aromatic hydroxyl groups is 6. The number of benzene rings is 6. The minimum atomic E-state index is 0.250. The van der Waals surface area contributed by atoms with Crippen LogP contribution in [0.15, 0.2) is 109 Å². The maximum atomic E-state index is 10.1. The molecule has 2 aliphatic carbocycles. The molecule has 148 heavy (non-hydrogen) atoms. The lowest BCUT2D eigenvalue weighted by Gasteiger charge is -2.40. The van der Waals surface area contributed by atoms with E-state index in [0.717, 1.165) is 196 Å². The average Bonchev–Trinajstić information content (AvgIpc) is 1.55. The van der Waals surface area contributed by atoms with E-state index in [1.165, 1.54) is 155 Å². The quantitative estimate of drug-likeness (QED) is 0.0394. The molecule has 18 nitrogen and oxygen atoms in total. The first-order valence-corrected chi connectivity index (χ1v) is 59.9. The average molecular weight is 2110 g/mol. The maximum Gasteiger partial charge on any atom is 0.165 e. The first kappa shape index (κ1) is 105. The number of aryl methyl sites for hydroxylation is 2. The van der Waals surface area contributed by atoms with Gasteiger partial charge < -0.3 is 59.1 Å². The van der Waals surface area contributed by atoms with Crippen LogP contribution in [0.1, 0.15) is 308 Å². The monoisotopic (exact) mass is 2110 g/mol. The number of thiophene rings is 6. The number of hydrogen-bond acceptors (Lipinski definition) is 24. The first-order chi connectivity index (χ1) is 71.6. The summed E-state index contributed by atoms with van der Waals surface area (Å²) in [6.45, 7) is 30.2. The third kappa shape index (κ3) is 22.0. The van der Waals surface area contributed by atoms with Crippen molar-refractivity contribution in [1.29, 1.82) is 0 Å². The molecule has 18 heterocycles. The summed E-state index contributed by atoms with van der Waals surface area (Å²) < 4.78 is 32.9. The lowest BCUT2D eigenvalue weighted by molar-refractivity contribution is 0.159. The Morgan fingerprint density at radius 2 is 0.561 bits per heavy atom. The zero-order valence-corrected chi connectivity index (χ0v) is 94.4. The predicted octanol–water partition coefficient (Wildman–Crippen LogP) is 27.1. The van der Waals surface area contributed by atoms with Gasteiger partial charge in [0.2, 0.25) is 0 Å². The van der Waals surface area contributed by atoms with E-state index in [2.05, 4.69) is 180 Å². The summed E-state index contributed by atoms with van der Waals surface area (Å²) in [7, 11) is 9.90.